The Bertz CT molecular complexity index is 611. The van der Waals surface area contributed by atoms with Gasteiger partial charge in [-0.3, -0.25) is 4.79 Å². The molecule has 2 aromatic carbocycles. The highest BCUT2D eigenvalue weighted by molar-refractivity contribution is 5.78. The topological polar surface area (TPSA) is 41.6 Å². The van der Waals surface area contributed by atoms with Gasteiger partial charge in [0.05, 0.1) is 13.7 Å². The molecule has 0 aliphatic rings. The molecule has 0 aliphatic heterocycles. The molecule has 0 saturated heterocycles. The highest BCUT2D eigenvalue weighted by Gasteiger charge is 2.11. The van der Waals surface area contributed by atoms with E-state index in [0.717, 1.165) is 24.3 Å². The number of hydrogen-bond donors (Lipinski definition) is 1. The lowest BCUT2D eigenvalue weighted by molar-refractivity contribution is -0.130. The van der Waals surface area contributed by atoms with E-state index in [0.29, 0.717) is 19.6 Å². The Hall–Kier alpha value is -2.33. The van der Waals surface area contributed by atoms with Crippen LogP contribution in [-0.2, 0) is 17.8 Å². The van der Waals surface area contributed by atoms with Gasteiger partial charge in [0.2, 0.25) is 5.91 Å². The van der Waals surface area contributed by atoms with E-state index >= 15 is 0 Å². The second-order valence-corrected chi connectivity index (χ2v) is 5.67. The van der Waals surface area contributed by atoms with Crippen LogP contribution in [0.4, 0.5) is 0 Å². The molecule has 128 valence electrons. The summed E-state index contributed by atoms with van der Waals surface area (Å²) in [5, 5.41) is 3.24. The molecular weight excluding hydrogens is 300 g/mol. The van der Waals surface area contributed by atoms with E-state index in [1.54, 1.807) is 7.11 Å². The van der Waals surface area contributed by atoms with Crippen molar-refractivity contribution in [2.45, 2.75) is 19.9 Å². The molecule has 4 nitrogen and oxygen atoms in total. The van der Waals surface area contributed by atoms with Crippen molar-refractivity contribution < 1.29 is 9.53 Å². The molecule has 0 radical (unpaired) electrons. The Morgan fingerprint density at radius 2 is 1.75 bits per heavy atom. The first kappa shape index (κ1) is 18.0. The van der Waals surface area contributed by atoms with E-state index < -0.39 is 0 Å². The van der Waals surface area contributed by atoms with Crippen LogP contribution in [0.1, 0.15) is 18.1 Å². The van der Waals surface area contributed by atoms with E-state index in [1.165, 1.54) is 5.56 Å². The van der Waals surface area contributed by atoms with E-state index in [-0.39, 0.29) is 5.91 Å². The lowest BCUT2D eigenvalue weighted by Crippen LogP contribution is -2.38. The van der Waals surface area contributed by atoms with Crippen LogP contribution >= 0.6 is 0 Å². The van der Waals surface area contributed by atoms with Crippen LogP contribution in [0.2, 0.25) is 0 Å². The molecule has 0 aromatic heterocycles. The molecule has 0 heterocycles. The second-order valence-electron chi connectivity index (χ2n) is 5.67. The molecule has 0 spiro atoms. The molecule has 24 heavy (non-hydrogen) atoms. The lowest BCUT2D eigenvalue weighted by atomic mass is 10.1. The van der Waals surface area contributed by atoms with Gasteiger partial charge in [-0.05, 0) is 43.1 Å². The maximum atomic E-state index is 12.3. The molecule has 2 rings (SSSR count). The van der Waals surface area contributed by atoms with Crippen LogP contribution in [-0.4, -0.2) is 37.6 Å². The minimum absolute atomic E-state index is 0.135. The number of ether oxygens (including phenoxy) is 1. The zero-order valence-corrected chi connectivity index (χ0v) is 14.5. The first-order valence-electron chi connectivity index (χ1n) is 8.38. The van der Waals surface area contributed by atoms with Crippen LogP contribution in [0, 0.1) is 0 Å². The highest BCUT2D eigenvalue weighted by Crippen LogP contribution is 2.11. The van der Waals surface area contributed by atoms with E-state index in [2.05, 4.69) is 17.4 Å². The van der Waals surface area contributed by atoms with E-state index in [1.807, 2.05) is 54.3 Å². The Kier molecular flexibility index (Phi) is 7.30. The van der Waals surface area contributed by atoms with Crippen molar-refractivity contribution in [3.05, 3.63) is 65.7 Å². The van der Waals surface area contributed by atoms with Gasteiger partial charge in [0.25, 0.3) is 0 Å². The van der Waals surface area contributed by atoms with Gasteiger partial charge in [0.15, 0.2) is 0 Å². The number of nitrogens with one attached hydrogen (secondary N) is 1. The average Bonchev–Trinajstić information content (AvgIpc) is 2.64. The Labute approximate surface area is 144 Å². The third kappa shape index (κ3) is 5.70. The third-order valence-electron chi connectivity index (χ3n) is 3.98. The average molecular weight is 326 g/mol. The quantitative estimate of drug-likeness (QED) is 0.721. The summed E-state index contributed by atoms with van der Waals surface area (Å²) >= 11 is 0. The summed E-state index contributed by atoms with van der Waals surface area (Å²) in [5.74, 6) is 0.998. The third-order valence-corrected chi connectivity index (χ3v) is 3.98. The maximum Gasteiger partial charge on any atom is 0.236 e. The van der Waals surface area contributed by atoms with E-state index in [4.69, 9.17) is 4.74 Å². The van der Waals surface area contributed by atoms with Crippen LogP contribution in [0.5, 0.6) is 5.75 Å². The number of rotatable bonds is 9. The van der Waals surface area contributed by atoms with Crippen molar-refractivity contribution in [3.8, 4) is 5.75 Å². The van der Waals surface area contributed by atoms with Gasteiger partial charge in [-0.15, -0.1) is 0 Å². The van der Waals surface area contributed by atoms with Crippen molar-refractivity contribution in [2.75, 3.05) is 26.7 Å². The van der Waals surface area contributed by atoms with Crippen LogP contribution in [0.25, 0.3) is 0 Å². The van der Waals surface area contributed by atoms with Gasteiger partial charge in [0, 0.05) is 13.1 Å². The number of benzene rings is 2. The van der Waals surface area contributed by atoms with Crippen LogP contribution in [0.3, 0.4) is 0 Å². The summed E-state index contributed by atoms with van der Waals surface area (Å²) in [6.07, 6.45) is 0.891. The zero-order chi connectivity index (χ0) is 17.2. The first-order chi connectivity index (χ1) is 11.7. The smallest absolute Gasteiger partial charge is 0.236 e. The molecule has 0 unspecified atom stereocenters. The number of carbonyl (C=O) groups excluding carboxylic acids is 1. The van der Waals surface area contributed by atoms with Crippen LogP contribution < -0.4 is 10.1 Å². The molecule has 1 N–H and O–H groups in total. The van der Waals surface area contributed by atoms with E-state index in [9.17, 15) is 4.79 Å². The van der Waals surface area contributed by atoms with Gasteiger partial charge in [-0.2, -0.15) is 0 Å². The summed E-state index contributed by atoms with van der Waals surface area (Å²) in [4.78, 5) is 14.2. The number of hydrogen-bond acceptors (Lipinski definition) is 3. The minimum atomic E-state index is 0.135. The summed E-state index contributed by atoms with van der Waals surface area (Å²) < 4.78 is 5.15. The molecule has 0 aliphatic carbocycles. The molecule has 2 aromatic rings. The standard InChI is InChI=1S/C20H26N2O2/c1-3-22(16-18-7-5-4-6-8-18)20(23)15-21-14-13-17-9-11-19(24-2)12-10-17/h4-12,21H,3,13-16H2,1-2H3. The fraction of sp³-hybridized carbons (Fsp3) is 0.350. The fourth-order valence-electron chi connectivity index (χ4n) is 2.51. The van der Waals surface area contributed by atoms with Crippen molar-refractivity contribution in [3.63, 3.8) is 0 Å². The number of nitrogens with zero attached hydrogens (tertiary/aromatic N) is 1. The van der Waals surface area contributed by atoms with Crippen LogP contribution in [0.15, 0.2) is 54.6 Å². The molecule has 1 amide bonds. The number of amides is 1. The summed E-state index contributed by atoms with van der Waals surface area (Å²) in [6, 6.07) is 18.1. The summed E-state index contributed by atoms with van der Waals surface area (Å²) in [7, 11) is 1.66. The minimum Gasteiger partial charge on any atom is -0.497 e. The molecule has 0 atom stereocenters. The predicted octanol–water partition coefficient (Wildman–Crippen LogP) is 2.88. The second kappa shape index (κ2) is 9.73. The monoisotopic (exact) mass is 326 g/mol. The number of likely N-dealkylation sites (N-methyl/N-ethyl adjacent to an activating group) is 1. The summed E-state index contributed by atoms with van der Waals surface area (Å²) in [6.45, 7) is 4.54. The maximum absolute atomic E-state index is 12.3. The van der Waals surface area contributed by atoms with Crippen molar-refractivity contribution in [2.24, 2.45) is 0 Å². The van der Waals surface area contributed by atoms with Gasteiger partial charge in [0.1, 0.15) is 5.75 Å². The summed E-state index contributed by atoms with van der Waals surface area (Å²) in [5.41, 5.74) is 2.39. The number of methoxy groups -OCH3 is 1. The zero-order valence-electron chi connectivity index (χ0n) is 14.5. The first-order valence-corrected chi connectivity index (χ1v) is 8.38. The molecule has 0 fully saturated rings. The van der Waals surface area contributed by atoms with Crippen molar-refractivity contribution >= 4 is 5.91 Å². The van der Waals surface area contributed by atoms with Crippen molar-refractivity contribution in [1.29, 1.82) is 0 Å². The Balaban J connectivity index is 1.72. The van der Waals surface area contributed by atoms with Crippen molar-refractivity contribution in [1.82, 2.24) is 10.2 Å². The fourth-order valence-corrected chi connectivity index (χ4v) is 2.51. The Morgan fingerprint density at radius 1 is 1.04 bits per heavy atom. The lowest BCUT2D eigenvalue weighted by Gasteiger charge is -2.21. The normalized spacial score (nSPS) is 10.4. The Morgan fingerprint density at radius 3 is 2.38 bits per heavy atom. The predicted molar refractivity (Wildman–Crippen MR) is 97.1 cm³/mol. The molecular formula is C20H26N2O2. The van der Waals surface area contributed by atoms with Gasteiger partial charge in [-0.1, -0.05) is 42.5 Å². The van der Waals surface area contributed by atoms with Gasteiger partial charge >= 0.3 is 0 Å². The van der Waals surface area contributed by atoms with Gasteiger partial charge < -0.3 is 15.0 Å². The number of carbonyl (C=O) groups is 1. The molecule has 4 heteroatoms. The SMILES string of the molecule is CCN(Cc1ccccc1)C(=O)CNCCc1ccc(OC)cc1. The van der Waals surface area contributed by atoms with Gasteiger partial charge in [-0.25, -0.2) is 0 Å². The highest BCUT2D eigenvalue weighted by atomic mass is 16.5. The molecule has 0 bridgehead atoms. The molecule has 0 saturated carbocycles. The largest absolute Gasteiger partial charge is 0.497 e.